The number of hydrogen-bond donors (Lipinski definition) is 1. The van der Waals surface area contributed by atoms with Crippen LogP contribution in [0.2, 0.25) is 0 Å². The molecule has 0 aliphatic carbocycles. The molecule has 0 aliphatic rings. The van der Waals surface area contributed by atoms with Gasteiger partial charge < -0.3 is 5.32 Å². The van der Waals surface area contributed by atoms with Crippen molar-refractivity contribution < 1.29 is 9.18 Å². The number of fused-ring (bicyclic) bond motifs is 1. The Bertz CT molecular complexity index is 1290. The van der Waals surface area contributed by atoms with Gasteiger partial charge >= 0.3 is 0 Å². The third kappa shape index (κ3) is 3.71. The number of nitrogens with one attached hydrogen (secondary N) is 1. The molecule has 0 spiro atoms. The maximum atomic E-state index is 13.3. The first-order chi connectivity index (χ1) is 14.4. The molecule has 0 unspecified atom stereocenters. The Hall–Kier alpha value is -3.81. The van der Waals surface area contributed by atoms with Crippen molar-refractivity contribution in [1.29, 1.82) is 0 Å². The summed E-state index contributed by atoms with van der Waals surface area (Å²) in [7, 11) is 0. The summed E-state index contributed by atoms with van der Waals surface area (Å²) >= 11 is 0. The fourth-order valence-corrected chi connectivity index (χ4v) is 3.36. The number of amides is 1. The molecule has 7 nitrogen and oxygen atoms in total. The van der Waals surface area contributed by atoms with Crippen LogP contribution in [0, 0.1) is 19.7 Å². The molecular weight excluding hydrogens is 385 g/mol. The predicted molar refractivity (Wildman–Crippen MR) is 112 cm³/mol. The van der Waals surface area contributed by atoms with Gasteiger partial charge in [-0.3, -0.25) is 14.2 Å². The number of aromatic nitrogens is 4. The van der Waals surface area contributed by atoms with Gasteiger partial charge in [-0.2, -0.15) is 5.10 Å². The Morgan fingerprint density at radius 3 is 2.67 bits per heavy atom. The van der Waals surface area contributed by atoms with Gasteiger partial charge in [0.25, 0.3) is 5.56 Å². The second kappa shape index (κ2) is 7.90. The molecule has 1 N–H and O–H groups in total. The number of nitrogens with zero attached hydrogens (tertiary/aromatic N) is 4. The van der Waals surface area contributed by atoms with Crippen LogP contribution in [0.3, 0.4) is 0 Å². The summed E-state index contributed by atoms with van der Waals surface area (Å²) in [6.45, 7) is 3.88. The molecule has 0 aliphatic heterocycles. The van der Waals surface area contributed by atoms with Gasteiger partial charge in [-0.25, -0.2) is 14.1 Å². The lowest BCUT2D eigenvalue weighted by atomic mass is 10.2. The molecule has 8 heteroatoms. The molecule has 2 aromatic heterocycles. The van der Waals surface area contributed by atoms with Crippen LogP contribution in [0.1, 0.15) is 17.8 Å². The average Bonchev–Trinajstić information content (AvgIpc) is 3.02. The normalized spacial score (nSPS) is 11.0. The van der Waals surface area contributed by atoms with Gasteiger partial charge in [-0.1, -0.05) is 18.2 Å². The number of benzene rings is 2. The van der Waals surface area contributed by atoms with E-state index < -0.39 is 5.82 Å². The average molecular weight is 405 g/mol. The van der Waals surface area contributed by atoms with E-state index in [9.17, 15) is 14.0 Å². The van der Waals surface area contributed by atoms with Gasteiger partial charge in [0, 0.05) is 19.0 Å². The SMILES string of the molecule is Cc1nn(-c2ccccc2)c(C)c1NC(=O)CCn1cnc2cc(F)ccc2c1=O. The van der Waals surface area contributed by atoms with Crippen molar-refractivity contribution in [2.75, 3.05) is 5.32 Å². The Kier molecular flexibility index (Phi) is 5.14. The van der Waals surface area contributed by atoms with E-state index in [0.717, 1.165) is 11.4 Å². The number of aryl methyl sites for hydroxylation is 2. The monoisotopic (exact) mass is 405 g/mol. The molecule has 0 bridgehead atoms. The largest absolute Gasteiger partial charge is 0.323 e. The molecule has 1 amide bonds. The quantitative estimate of drug-likeness (QED) is 0.552. The number of halogens is 1. The summed E-state index contributed by atoms with van der Waals surface area (Å²) in [6, 6.07) is 13.5. The highest BCUT2D eigenvalue weighted by Gasteiger charge is 2.15. The van der Waals surface area contributed by atoms with Crippen molar-refractivity contribution in [2.45, 2.75) is 26.8 Å². The first-order valence-electron chi connectivity index (χ1n) is 9.50. The van der Waals surface area contributed by atoms with Gasteiger partial charge in [0.05, 0.1) is 40.0 Å². The number of para-hydroxylation sites is 1. The maximum absolute atomic E-state index is 13.3. The summed E-state index contributed by atoms with van der Waals surface area (Å²) in [4.78, 5) is 29.2. The number of carbonyl (C=O) groups is 1. The molecule has 152 valence electrons. The third-order valence-electron chi connectivity index (χ3n) is 4.92. The molecule has 0 saturated heterocycles. The van der Waals surface area contributed by atoms with Crippen molar-refractivity contribution in [3.05, 3.63) is 82.4 Å². The van der Waals surface area contributed by atoms with Crippen molar-refractivity contribution in [3.63, 3.8) is 0 Å². The smallest absolute Gasteiger partial charge is 0.261 e. The van der Waals surface area contributed by atoms with E-state index in [1.54, 1.807) is 4.68 Å². The molecule has 2 heterocycles. The molecule has 4 rings (SSSR count). The van der Waals surface area contributed by atoms with Crippen LogP contribution < -0.4 is 10.9 Å². The topological polar surface area (TPSA) is 81.8 Å². The summed E-state index contributed by atoms with van der Waals surface area (Å²) in [6.07, 6.45) is 1.42. The minimum absolute atomic E-state index is 0.0870. The van der Waals surface area contributed by atoms with Gasteiger partial charge in [0.15, 0.2) is 0 Å². The standard InChI is InChI=1S/C22H20FN5O2/c1-14-21(15(2)28(26-14)17-6-4-3-5-7-17)25-20(29)10-11-27-13-24-19-12-16(23)8-9-18(19)22(27)30/h3-9,12-13H,10-11H2,1-2H3,(H,25,29). The van der Waals surface area contributed by atoms with E-state index in [1.165, 1.54) is 29.1 Å². The van der Waals surface area contributed by atoms with Gasteiger partial charge in [0.2, 0.25) is 5.91 Å². The minimum Gasteiger partial charge on any atom is -0.323 e. The summed E-state index contributed by atoms with van der Waals surface area (Å²) in [5.74, 6) is -0.687. The molecule has 30 heavy (non-hydrogen) atoms. The van der Waals surface area contributed by atoms with E-state index >= 15 is 0 Å². The summed E-state index contributed by atoms with van der Waals surface area (Å²) < 4.78 is 16.4. The highest BCUT2D eigenvalue weighted by Crippen LogP contribution is 2.22. The van der Waals surface area contributed by atoms with E-state index in [1.807, 2.05) is 44.2 Å². The second-order valence-corrected chi connectivity index (χ2v) is 7.00. The molecule has 0 saturated carbocycles. The highest BCUT2D eigenvalue weighted by atomic mass is 19.1. The molecular formula is C22H20FN5O2. The summed E-state index contributed by atoms with van der Waals surface area (Å²) in [5.41, 5.74) is 3.07. The third-order valence-corrected chi connectivity index (χ3v) is 4.92. The Morgan fingerprint density at radius 1 is 1.13 bits per heavy atom. The maximum Gasteiger partial charge on any atom is 0.261 e. The minimum atomic E-state index is -0.451. The Labute approximate surface area is 171 Å². The predicted octanol–water partition coefficient (Wildman–Crippen LogP) is 3.37. The summed E-state index contributed by atoms with van der Waals surface area (Å²) in [5, 5.41) is 7.72. The van der Waals surface area contributed by atoms with E-state index in [2.05, 4.69) is 15.4 Å². The van der Waals surface area contributed by atoms with Crippen molar-refractivity contribution >= 4 is 22.5 Å². The number of hydrogen-bond acceptors (Lipinski definition) is 4. The number of carbonyl (C=O) groups excluding carboxylic acids is 1. The van der Waals surface area contributed by atoms with Crippen LogP contribution in [0.15, 0.2) is 59.7 Å². The first kappa shape index (κ1) is 19.5. The molecule has 2 aromatic carbocycles. The highest BCUT2D eigenvalue weighted by molar-refractivity contribution is 5.92. The van der Waals surface area contributed by atoms with E-state index in [-0.39, 0.29) is 24.4 Å². The lowest BCUT2D eigenvalue weighted by Crippen LogP contribution is -2.24. The Balaban J connectivity index is 1.49. The fraction of sp³-hybridized carbons (Fsp3) is 0.182. The Morgan fingerprint density at radius 2 is 1.90 bits per heavy atom. The zero-order valence-corrected chi connectivity index (χ0v) is 16.6. The lowest BCUT2D eigenvalue weighted by molar-refractivity contribution is -0.116. The van der Waals surface area contributed by atoms with Crippen molar-refractivity contribution in [3.8, 4) is 5.69 Å². The van der Waals surface area contributed by atoms with Crippen molar-refractivity contribution in [2.24, 2.45) is 0 Å². The van der Waals surface area contributed by atoms with Crippen LogP contribution in [0.4, 0.5) is 10.1 Å². The van der Waals surface area contributed by atoms with E-state index in [4.69, 9.17) is 0 Å². The fourth-order valence-electron chi connectivity index (χ4n) is 3.36. The van der Waals surface area contributed by atoms with Gasteiger partial charge in [0.1, 0.15) is 5.82 Å². The van der Waals surface area contributed by atoms with Crippen LogP contribution in [0.25, 0.3) is 16.6 Å². The van der Waals surface area contributed by atoms with E-state index in [0.29, 0.717) is 22.3 Å². The zero-order valence-electron chi connectivity index (χ0n) is 16.6. The number of anilines is 1. The van der Waals surface area contributed by atoms with Gasteiger partial charge in [-0.15, -0.1) is 0 Å². The van der Waals surface area contributed by atoms with Crippen LogP contribution in [0.5, 0.6) is 0 Å². The lowest BCUT2D eigenvalue weighted by Gasteiger charge is -2.09. The van der Waals surface area contributed by atoms with Crippen LogP contribution in [-0.2, 0) is 11.3 Å². The number of rotatable bonds is 5. The van der Waals surface area contributed by atoms with Crippen LogP contribution in [-0.4, -0.2) is 25.2 Å². The molecule has 0 fully saturated rings. The van der Waals surface area contributed by atoms with Crippen LogP contribution >= 0.6 is 0 Å². The first-order valence-corrected chi connectivity index (χ1v) is 9.50. The molecule has 0 radical (unpaired) electrons. The zero-order chi connectivity index (χ0) is 21.3. The molecule has 0 atom stereocenters. The van der Waals surface area contributed by atoms with Crippen molar-refractivity contribution in [1.82, 2.24) is 19.3 Å². The van der Waals surface area contributed by atoms with Gasteiger partial charge in [-0.05, 0) is 38.1 Å². The molecule has 4 aromatic rings. The second-order valence-electron chi connectivity index (χ2n) is 7.00.